The third-order valence-electron chi connectivity index (χ3n) is 3.07. The number of nitrogens with one attached hydrogen (secondary N) is 1. The van der Waals surface area contributed by atoms with Gasteiger partial charge in [-0.05, 0) is 26.7 Å². The molecule has 0 spiro atoms. The van der Waals surface area contributed by atoms with Crippen LogP contribution in [0.25, 0.3) is 0 Å². The standard InChI is InChI=1S/C16H30N4O2/c1-5-7-10-22-16-14(17)15(19-13(6-2)20-16)18-9-8-11-21-12(3)4/h12H,5-11,17H2,1-4H3,(H,18,19,20). The molecule has 0 fully saturated rings. The Kier molecular flexibility index (Phi) is 8.58. The minimum Gasteiger partial charge on any atom is -0.476 e. The van der Waals surface area contributed by atoms with Crippen LogP contribution in [0.15, 0.2) is 0 Å². The highest BCUT2D eigenvalue weighted by Crippen LogP contribution is 2.26. The summed E-state index contributed by atoms with van der Waals surface area (Å²) in [4.78, 5) is 8.81. The Labute approximate surface area is 133 Å². The van der Waals surface area contributed by atoms with Crippen molar-refractivity contribution in [3.05, 3.63) is 5.82 Å². The van der Waals surface area contributed by atoms with Crippen LogP contribution in [0.4, 0.5) is 11.5 Å². The molecule has 3 N–H and O–H groups in total. The van der Waals surface area contributed by atoms with Gasteiger partial charge in [-0.1, -0.05) is 20.3 Å². The summed E-state index contributed by atoms with van der Waals surface area (Å²) in [6, 6.07) is 0. The summed E-state index contributed by atoms with van der Waals surface area (Å²) < 4.78 is 11.2. The molecule has 0 aromatic carbocycles. The van der Waals surface area contributed by atoms with E-state index < -0.39 is 0 Å². The number of nitrogens with zero attached hydrogens (tertiary/aromatic N) is 2. The third-order valence-corrected chi connectivity index (χ3v) is 3.07. The highest BCUT2D eigenvalue weighted by atomic mass is 16.5. The van der Waals surface area contributed by atoms with Gasteiger partial charge in [-0.3, -0.25) is 0 Å². The summed E-state index contributed by atoms with van der Waals surface area (Å²) in [5.41, 5.74) is 6.59. The average Bonchev–Trinajstić information content (AvgIpc) is 2.49. The molecular weight excluding hydrogens is 280 g/mol. The van der Waals surface area contributed by atoms with Crippen LogP contribution in [0, 0.1) is 0 Å². The highest BCUT2D eigenvalue weighted by Gasteiger charge is 2.12. The summed E-state index contributed by atoms with van der Waals surface area (Å²) in [6.45, 7) is 10.3. The number of unbranched alkanes of at least 4 members (excludes halogenated alkanes) is 1. The second-order valence-corrected chi connectivity index (χ2v) is 5.46. The minimum absolute atomic E-state index is 0.259. The fraction of sp³-hybridized carbons (Fsp3) is 0.750. The number of hydrogen-bond acceptors (Lipinski definition) is 6. The van der Waals surface area contributed by atoms with E-state index in [4.69, 9.17) is 15.2 Å². The largest absolute Gasteiger partial charge is 0.476 e. The van der Waals surface area contributed by atoms with E-state index in [-0.39, 0.29) is 6.10 Å². The van der Waals surface area contributed by atoms with E-state index in [0.29, 0.717) is 24.0 Å². The molecule has 0 aliphatic heterocycles. The normalized spacial score (nSPS) is 11.0. The number of aromatic nitrogens is 2. The molecule has 6 heteroatoms. The Balaban J connectivity index is 2.61. The lowest BCUT2D eigenvalue weighted by molar-refractivity contribution is 0.0787. The van der Waals surface area contributed by atoms with E-state index in [1.807, 2.05) is 20.8 Å². The number of hydrogen-bond donors (Lipinski definition) is 2. The Hall–Kier alpha value is -1.56. The zero-order valence-electron chi connectivity index (χ0n) is 14.3. The molecule has 0 aliphatic carbocycles. The molecule has 0 saturated carbocycles. The molecule has 0 saturated heterocycles. The molecule has 0 radical (unpaired) electrons. The van der Waals surface area contributed by atoms with E-state index in [2.05, 4.69) is 22.2 Å². The summed E-state index contributed by atoms with van der Waals surface area (Å²) in [5.74, 6) is 1.88. The van der Waals surface area contributed by atoms with Crippen LogP contribution in [0.1, 0.15) is 52.8 Å². The first-order valence-corrected chi connectivity index (χ1v) is 8.23. The predicted octanol–water partition coefficient (Wildman–Crippen LogP) is 3.03. The molecule has 126 valence electrons. The maximum absolute atomic E-state index is 6.11. The van der Waals surface area contributed by atoms with Gasteiger partial charge >= 0.3 is 0 Å². The Morgan fingerprint density at radius 3 is 2.55 bits per heavy atom. The molecule has 0 amide bonds. The summed E-state index contributed by atoms with van der Waals surface area (Å²) in [7, 11) is 0. The van der Waals surface area contributed by atoms with Crippen molar-refractivity contribution in [3.8, 4) is 5.88 Å². The van der Waals surface area contributed by atoms with Crippen LogP contribution in [0.5, 0.6) is 5.88 Å². The van der Waals surface area contributed by atoms with Crippen LogP contribution >= 0.6 is 0 Å². The first-order chi connectivity index (χ1) is 10.6. The van der Waals surface area contributed by atoms with E-state index in [9.17, 15) is 0 Å². The first-order valence-electron chi connectivity index (χ1n) is 8.23. The molecular formula is C16H30N4O2. The summed E-state index contributed by atoms with van der Waals surface area (Å²) in [5, 5.41) is 3.26. The lowest BCUT2D eigenvalue weighted by Gasteiger charge is -2.14. The molecule has 6 nitrogen and oxygen atoms in total. The molecule has 1 aromatic heterocycles. The third kappa shape index (κ3) is 6.47. The molecule has 1 rings (SSSR count). The van der Waals surface area contributed by atoms with Crippen LogP contribution in [0.3, 0.4) is 0 Å². The van der Waals surface area contributed by atoms with Crippen molar-refractivity contribution in [1.82, 2.24) is 9.97 Å². The van der Waals surface area contributed by atoms with Crippen molar-refractivity contribution in [3.63, 3.8) is 0 Å². The van der Waals surface area contributed by atoms with Crippen molar-refractivity contribution < 1.29 is 9.47 Å². The molecule has 0 bridgehead atoms. The topological polar surface area (TPSA) is 82.3 Å². The molecule has 0 atom stereocenters. The van der Waals surface area contributed by atoms with Gasteiger partial charge in [0.05, 0.1) is 12.7 Å². The summed E-state index contributed by atoms with van der Waals surface area (Å²) >= 11 is 0. The van der Waals surface area contributed by atoms with Crippen LogP contribution in [-0.2, 0) is 11.2 Å². The van der Waals surface area contributed by atoms with Gasteiger partial charge in [-0.2, -0.15) is 4.98 Å². The smallest absolute Gasteiger partial charge is 0.242 e. The monoisotopic (exact) mass is 310 g/mol. The van der Waals surface area contributed by atoms with Gasteiger partial charge in [-0.25, -0.2) is 4.98 Å². The Morgan fingerprint density at radius 2 is 1.91 bits per heavy atom. The summed E-state index contributed by atoms with van der Waals surface area (Å²) in [6.07, 6.45) is 3.96. The number of rotatable bonds is 11. The van der Waals surface area contributed by atoms with Crippen molar-refractivity contribution in [2.24, 2.45) is 0 Å². The van der Waals surface area contributed by atoms with Crippen LogP contribution in [0.2, 0.25) is 0 Å². The van der Waals surface area contributed by atoms with E-state index in [1.165, 1.54) is 0 Å². The lowest BCUT2D eigenvalue weighted by atomic mass is 10.3. The van der Waals surface area contributed by atoms with E-state index in [1.54, 1.807) is 0 Å². The van der Waals surface area contributed by atoms with Crippen molar-refractivity contribution in [2.45, 2.75) is 59.5 Å². The molecule has 0 aliphatic rings. The number of nitrogen functional groups attached to an aromatic ring is 1. The fourth-order valence-electron chi connectivity index (χ4n) is 1.81. The van der Waals surface area contributed by atoms with Gasteiger partial charge in [0.25, 0.3) is 0 Å². The fourth-order valence-corrected chi connectivity index (χ4v) is 1.81. The zero-order chi connectivity index (χ0) is 16.4. The van der Waals surface area contributed by atoms with E-state index in [0.717, 1.165) is 44.7 Å². The van der Waals surface area contributed by atoms with Crippen molar-refractivity contribution in [2.75, 3.05) is 30.8 Å². The maximum Gasteiger partial charge on any atom is 0.242 e. The Morgan fingerprint density at radius 1 is 1.14 bits per heavy atom. The van der Waals surface area contributed by atoms with Gasteiger partial charge < -0.3 is 20.5 Å². The highest BCUT2D eigenvalue weighted by molar-refractivity contribution is 5.66. The SMILES string of the molecule is CCCCOc1nc(CC)nc(NCCCOC(C)C)c1N. The van der Waals surface area contributed by atoms with Gasteiger partial charge in [-0.15, -0.1) is 0 Å². The van der Waals surface area contributed by atoms with Gasteiger partial charge in [0.1, 0.15) is 11.5 Å². The molecule has 22 heavy (non-hydrogen) atoms. The first kappa shape index (κ1) is 18.5. The van der Waals surface area contributed by atoms with Gasteiger partial charge in [0.2, 0.25) is 5.88 Å². The number of nitrogens with two attached hydrogens (primary N) is 1. The lowest BCUT2D eigenvalue weighted by Crippen LogP contribution is -2.14. The second-order valence-electron chi connectivity index (χ2n) is 5.46. The predicted molar refractivity (Wildman–Crippen MR) is 90.4 cm³/mol. The quantitative estimate of drug-likeness (QED) is 0.611. The second kappa shape index (κ2) is 10.2. The average molecular weight is 310 g/mol. The number of anilines is 2. The maximum atomic E-state index is 6.11. The zero-order valence-corrected chi connectivity index (χ0v) is 14.3. The molecule has 0 unspecified atom stereocenters. The van der Waals surface area contributed by atoms with Crippen LogP contribution in [-0.4, -0.2) is 35.8 Å². The van der Waals surface area contributed by atoms with Crippen molar-refractivity contribution in [1.29, 1.82) is 0 Å². The number of ether oxygens (including phenoxy) is 2. The van der Waals surface area contributed by atoms with Gasteiger partial charge in [0.15, 0.2) is 5.82 Å². The Bertz CT molecular complexity index is 438. The molecule has 1 heterocycles. The van der Waals surface area contributed by atoms with E-state index >= 15 is 0 Å². The number of aryl methyl sites for hydroxylation is 1. The van der Waals surface area contributed by atoms with Crippen LogP contribution < -0.4 is 15.8 Å². The van der Waals surface area contributed by atoms with Crippen molar-refractivity contribution >= 4 is 11.5 Å². The molecule has 1 aromatic rings. The van der Waals surface area contributed by atoms with Gasteiger partial charge in [0, 0.05) is 19.6 Å². The minimum atomic E-state index is 0.259.